The molecular weight excluding hydrogens is 332 g/mol. The molecule has 0 spiro atoms. The van der Waals surface area contributed by atoms with E-state index in [1.54, 1.807) is 25.1 Å². The largest absolute Gasteiger partial charge is 0.368 e. The van der Waals surface area contributed by atoms with Gasteiger partial charge in [-0.2, -0.15) is 20.2 Å². The van der Waals surface area contributed by atoms with Crippen molar-refractivity contribution in [1.82, 2.24) is 15.0 Å². The van der Waals surface area contributed by atoms with Crippen molar-refractivity contribution < 1.29 is 0 Å². The number of hydrogen-bond donors (Lipinski definition) is 1. The number of anilines is 2. The average Bonchev–Trinajstić information content (AvgIpc) is 2.45. The summed E-state index contributed by atoms with van der Waals surface area (Å²) in [7, 11) is 3.59. The number of aromatic nitrogens is 3. The maximum atomic E-state index is 9.36. The van der Waals surface area contributed by atoms with Gasteiger partial charge in [0.1, 0.15) is 6.07 Å². The highest BCUT2D eigenvalue weighted by Gasteiger charge is 2.11. The minimum atomic E-state index is 0.0805. The van der Waals surface area contributed by atoms with Gasteiger partial charge in [-0.3, -0.25) is 0 Å². The van der Waals surface area contributed by atoms with Gasteiger partial charge in [0.15, 0.2) is 5.82 Å². The zero-order chi connectivity index (χ0) is 15.4. The van der Waals surface area contributed by atoms with E-state index in [9.17, 15) is 5.26 Å². The number of halogens is 1. The maximum absolute atomic E-state index is 9.36. The van der Waals surface area contributed by atoms with Gasteiger partial charge in [-0.15, -0.1) is 0 Å². The molecule has 0 aliphatic heterocycles. The summed E-state index contributed by atoms with van der Waals surface area (Å²) < 4.78 is 0.882. The summed E-state index contributed by atoms with van der Waals surface area (Å²) in [6, 6.07) is 9.67. The molecule has 0 unspecified atom stereocenters. The first-order valence-corrected chi connectivity index (χ1v) is 6.86. The minimum Gasteiger partial charge on any atom is -0.368 e. The van der Waals surface area contributed by atoms with Crippen molar-refractivity contribution in [1.29, 1.82) is 5.26 Å². The third kappa shape index (κ3) is 3.55. The Balaban J connectivity index is 2.53. The molecule has 0 amide bonds. The van der Waals surface area contributed by atoms with Gasteiger partial charge in [-0.05, 0) is 17.7 Å². The second-order valence-electron chi connectivity index (χ2n) is 4.40. The molecule has 0 radical (unpaired) electrons. The Bertz CT molecular complexity index is 732. The van der Waals surface area contributed by atoms with E-state index >= 15 is 0 Å². The molecule has 1 aromatic heterocycles. The lowest BCUT2D eigenvalue weighted by atomic mass is 10.1. The number of nitrogen functional groups attached to an aromatic ring is 1. The van der Waals surface area contributed by atoms with Crippen LogP contribution in [0.25, 0.3) is 11.6 Å². The van der Waals surface area contributed by atoms with Gasteiger partial charge in [0.05, 0.1) is 5.57 Å². The zero-order valence-corrected chi connectivity index (χ0v) is 13.2. The Labute approximate surface area is 131 Å². The number of benzene rings is 1. The van der Waals surface area contributed by atoms with Crippen LogP contribution in [-0.2, 0) is 0 Å². The van der Waals surface area contributed by atoms with Crippen LogP contribution >= 0.6 is 15.9 Å². The fourth-order valence-corrected chi connectivity index (χ4v) is 1.99. The standard InChI is InChI=1S/C14H13BrN6/c1-21(2)14-19-12(18-13(17)20-14)10(8-16)7-9-5-3-4-6-11(9)15/h3-7H,1-2H3,(H2,17,18,19,20). The molecule has 6 nitrogen and oxygen atoms in total. The smallest absolute Gasteiger partial charge is 0.230 e. The molecule has 2 N–H and O–H groups in total. The Hall–Kier alpha value is -2.46. The van der Waals surface area contributed by atoms with Crippen LogP contribution in [0.3, 0.4) is 0 Å². The molecule has 106 valence electrons. The van der Waals surface area contributed by atoms with Crippen LogP contribution in [0.2, 0.25) is 0 Å². The van der Waals surface area contributed by atoms with Crippen LogP contribution in [0.15, 0.2) is 28.7 Å². The molecule has 7 heteroatoms. The first-order valence-electron chi connectivity index (χ1n) is 6.07. The van der Waals surface area contributed by atoms with Crippen LogP contribution in [0, 0.1) is 11.3 Å². The summed E-state index contributed by atoms with van der Waals surface area (Å²) in [5.41, 5.74) is 6.86. The highest BCUT2D eigenvalue weighted by atomic mass is 79.9. The molecule has 2 rings (SSSR count). The fourth-order valence-electron chi connectivity index (χ4n) is 1.60. The van der Waals surface area contributed by atoms with Crippen LogP contribution in [0.4, 0.5) is 11.9 Å². The predicted molar refractivity (Wildman–Crippen MR) is 86.2 cm³/mol. The lowest BCUT2D eigenvalue weighted by molar-refractivity contribution is 0.952. The predicted octanol–water partition coefficient (Wildman–Crippen LogP) is 2.35. The van der Waals surface area contributed by atoms with E-state index < -0.39 is 0 Å². The normalized spacial score (nSPS) is 11.0. The third-order valence-electron chi connectivity index (χ3n) is 2.61. The van der Waals surface area contributed by atoms with Crippen LogP contribution in [-0.4, -0.2) is 29.0 Å². The topological polar surface area (TPSA) is 91.7 Å². The molecule has 0 atom stereocenters. The highest BCUT2D eigenvalue weighted by Crippen LogP contribution is 2.22. The van der Waals surface area contributed by atoms with Gasteiger partial charge in [-0.1, -0.05) is 34.1 Å². The first kappa shape index (κ1) is 14.9. The molecule has 0 bridgehead atoms. The van der Waals surface area contributed by atoms with E-state index in [4.69, 9.17) is 5.73 Å². The van der Waals surface area contributed by atoms with Crippen LogP contribution < -0.4 is 10.6 Å². The van der Waals surface area contributed by atoms with E-state index in [0.29, 0.717) is 11.5 Å². The SMILES string of the molecule is CN(C)c1nc(N)nc(C(C#N)=Cc2ccccc2Br)n1. The summed E-state index contributed by atoms with van der Waals surface area (Å²) in [5, 5.41) is 9.36. The summed E-state index contributed by atoms with van der Waals surface area (Å²) in [5.74, 6) is 0.743. The summed E-state index contributed by atoms with van der Waals surface area (Å²) in [6.45, 7) is 0. The molecular formula is C14H13BrN6. The van der Waals surface area contributed by atoms with E-state index in [1.807, 2.05) is 24.3 Å². The van der Waals surface area contributed by atoms with Gasteiger partial charge in [0, 0.05) is 18.6 Å². The number of nitriles is 1. The molecule has 2 aromatic rings. The van der Waals surface area contributed by atoms with E-state index in [0.717, 1.165) is 10.0 Å². The summed E-state index contributed by atoms with van der Waals surface area (Å²) in [4.78, 5) is 14.0. The van der Waals surface area contributed by atoms with E-state index in [2.05, 4.69) is 37.0 Å². The lowest BCUT2D eigenvalue weighted by Crippen LogP contribution is -2.15. The van der Waals surface area contributed by atoms with Gasteiger partial charge in [0.25, 0.3) is 0 Å². The van der Waals surface area contributed by atoms with Crippen LogP contribution in [0.1, 0.15) is 11.4 Å². The van der Waals surface area contributed by atoms with Crippen LogP contribution in [0.5, 0.6) is 0 Å². The van der Waals surface area contributed by atoms with Gasteiger partial charge in [-0.25, -0.2) is 0 Å². The molecule has 0 aliphatic rings. The van der Waals surface area contributed by atoms with Crippen molar-refractivity contribution in [2.24, 2.45) is 0 Å². The number of hydrogen-bond acceptors (Lipinski definition) is 6. The molecule has 0 aliphatic carbocycles. The Morgan fingerprint density at radius 2 is 2.00 bits per heavy atom. The third-order valence-corrected chi connectivity index (χ3v) is 3.33. The maximum Gasteiger partial charge on any atom is 0.230 e. The second kappa shape index (κ2) is 6.33. The molecule has 1 heterocycles. The average molecular weight is 345 g/mol. The summed E-state index contributed by atoms with van der Waals surface area (Å²) in [6.07, 6.45) is 1.71. The van der Waals surface area contributed by atoms with Crippen molar-refractivity contribution in [3.05, 3.63) is 40.1 Å². The molecule has 0 fully saturated rings. The van der Waals surface area contributed by atoms with Crippen molar-refractivity contribution in [3.63, 3.8) is 0 Å². The Kier molecular flexibility index (Phi) is 4.50. The zero-order valence-electron chi connectivity index (χ0n) is 11.6. The van der Waals surface area contributed by atoms with Crippen molar-refractivity contribution >= 4 is 39.5 Å². The number of nitrogens with two attached hydrogens (primary N) is 1. The molecule has 21 heavy (non-hydrogen) atoms. The highest BCUT2D eigenvalue weighted by molar-refractivity contribution is 9.10. The summed E-state index contributed by atoms with van der Waals surface area (Å²) >= 11 is 3.44. The Morgan fingerprint density at radius 3 is 2.62 bits per heavy atom. The monoisotopic (exact) mass is 344 g/mol. The minimum absolute atomic E-state index is 0.0805. The van der Waals surface area contributed by atoms with E-state index in [-0.39, 0.29) is 11.8 Å². The molecule has 1 aromatic carbocycles. The van der Waals surface area contributed by atoms with Crippen molar-refractivity contribution in [3.8, 4) is 6.07 Å². The van der Waals surface area contributed by atoms with Gasteiger partial charge in [0.2, 0.25) is 11.9 Å². The first-order chi connectivity index (χ1) is 10.0. The quantitative estimate of drug-likeness (QED) is 0.859. The molecule has 0 saturated carbocycles. The fraction of sp³-hybridized carbons (Fsp3) is 0.143. The number of allylic oxidation sites excluding steroid dienone is 1. The second-order valence-corrected chi connectivity index (χ2v) is 5.26. The van der Waals surface area contributed by atoms with Gasteiger partial charge >= 0.3 is 0 Å². The number of nitrogens with zero attached hydrogens (tertiary/aromatic N) is 5. The van der Waals surface area contributed by atoms with Crippen molar-refractivity contribution in [2.75, 3.05) is 24.7 Å². The molecule has 0 saturated heterocycles. The lowest BCUT2D eigenvalue weighted by Gasteiger charge is -2.11. The number of rotatable bonds is 3. The Morgan fingerprint density at radius 1 is 1.29 bits per heavy atom. The van der Waals surface area contributed by atoms with Crippen molar-refractivity contribution in [2.45, 2.75) is 0 Å². The van der Waals surface area contributed by atoms with Gasteiger partial charge < -0.3 is 10.6 Å². The van der Waals surface area contributed by atoms with E-state index in [1.165, 1.54) is 0 Å².